The minimum atomic E-state index is -0.960. The van der Waals surface area contributed by atoms with Gasteiger partial charge in [-0.3, -0.25) is 4.79 Å². The predicted octanol–water partition coefficient (Wildman–Crippen LogP) is 2.93. The molecule has 0 bridgehead atoms. The minimum absolute atomic E-state index is 0.102. The first-order valence-corrected chi connectivity index (χ1v) is 9.66. The molecular weight excluding hydrogens is 388 g/mol. The normalized spacial score (nSPS) is 19.4. The van der Waals surface area contributed by atoms with E-state index in [0.29, 0.717) is 0 Å². The number of ether oxygens (including phenoxy) is 2. The van der Waals surface area contributed by atoms with E-state index in [1.54, 1.807) is 0 Å². The van der Waals surface area contributed by atoms with Crippen LogP contribution < -0.4 is 10.6 Å². The average Bonchev–Trinajstić information content (AvgIpc) is 3.39. The van der Waals surface area contributed by atoms with Crippen LogP contribution in [0.3, 0.4) is 0 Å². The van der Waals surface area contributed by atoms with Gasteiger partial charge in [-0.2, -0.15) is 0 Å². The summed E-state index contributed by atoms with van der Waals surface area (Å²) in [6, 6.07) is 18.1. The Balaban J connectivity index is 1.42. The van der Waals surface area contributed by atoms with Crippen LogP contribution in [0, 0.1) is 11.8 Å². The standard InChI is InChI=1S/C22H24N2O6/c25-19(26)11-17-18(12-23-21(27)29-13-15-7-3-1-4-8-15)20(17)24-22(28)30-14-16-9-5-2-6-10-16/h1-10,17-18,20H,11-14H2,(H,23,27)(H,24,28)(H,25,26)/t17?,18-,20-/m1/s1. The summed E-state index contributed by atoms with van der Waals surface area (Å²) in [5, 5.41) is 14.4. The second-order valence-electron chi connectivity index (χ2n) is 7.10. The highest BCUT2D eigenvalue weighted by molar-refractivity contribution is 5.71. The number of rotatable bonds is 9. The number of hydrogen-bond donors (Lipinski definition) is 3. The quantitative estimate of drug-likeness (QED) is 0.584. The molecule has 0 aromatic heterocycles. The first kappa shape index (κ1) is 21.2. The summed E-state index contributed by atoms with van der Waals surface area (Å²) in [7, 11) is 0. The van der Waals surface area contributed by atoms with Crippen molar-refractivity contribution < 1.29 is 29.0 Å². The molecule has 2 aromatic rings. The van der Waals surface area contributed by atoms with E-state index in [-0.39, 0.29) is 44.1 Å². The number of nitrogens with one attached hydrogen (secondary N) is 2. The second-order valence-corrected chi connectivity index (χ2v) is 7.10. The smallest absolute Gasteiger partial charge is 0.407 e. The number of carbonyl (C=O) groups is 3. The summed E-state index contributed by atoms with van der Waals surface area (Å²) in [6.07, 6.45) is -1.31. The average molecular weight is 412 g/mol. The number of carbonyl (C=O) groups excluding carboxylic acids is 2. The summed E-state index contributed by atoms with van der Waals surface area (Å²) in [5.41, 5.74) is 1.72. The third-order valence-electron chi connectivity index (χ3n) is 4.93. The summed E-state index contributed by atoms with van der Waals surface area (Å²) in [5.74, 6) is -1.44. The number of alkyl carbamates (subject to hydrolysis) is 2. The molecule has 1 aliphatic rings. The van der Waals surface area contributed by atoms with E-state index in [0.717, 1.165) is 11.1 Å². The molecule has 0 aliphatic heterocycles. The number of carboxylic acids is 1. The lowest BCUT2D eigenvalue weighted by molar-refractivity contribution is -0.137. The molecule has 0 heterocycles. The lowest BCUT2D eigenvalue weighted by atomic mass is 10.2. The van der Waals surface area contributed by atoms with Gasteiger partial charge in [-0.15, -0.1) is 0 Å². The van der Waals surface area contributed by atoms with Gasteiger partial charge in [-0.25, -0.2) is 9.59 Å². The first-order valence-electron chi connectivity index (χ1n) is 9.66. The number of benzene rings is 2. The Hall–Kier alpha value is -3.55. The van der Waals surface area contributed by atoms with Gasteiger partial charge in [-0.05, 0) is 17.0 Å². The zero-order valence-corrected chi connectivity index (χ0v) is 16.3. The van der Waals surface area contributed by atoms with Crippen LogP contribution in [0.5, 0.6) is 0 Å². The zero-order chi connectivity index (χ0) is 21.3. The number of carboxylic acid groups (broad SMARTS) is 1. The van der Waals surface area contributed by atoms with E-state index < -0.39 is 18.2 Å². The maximum absolute atomic E-state index is 12.0. The van der Waals surface area contributed by atoms with Gasteiger partial charge in [0.25, 0.3) is 0 Å². The van der Waals surface area contributed by atoms with E-state index in [2.05, 4.69) is 10.6 Å². The molecular formula is C22H24N2O6. The van der Waals surface area contributed by atoms with Gasteiger partial charge in [-0.1, -0.05) is 60.7 Å². The van der Waals surface area contributed by atoms with Crippen LogP contribution in [0.15, 0.2) is 60.7 Å². The van der Waals surface area contributed by atoms with Crippen molar-refractivity contribution in [2.75, 3.05) is 6.54 Å². The van der Waals surface area contributed by atoms with Crippen molar-refractivity contribution in [1.29, 1.82) is 0 Å². The van der Waals surface area contributed by atoms with Crippen LogP contribution in [-0.2, 0) is 27.5 Å². The molecule has 158 valence electrons. The highest BCUT2D eigenvalue weighted by atomic mass is 16.6. The second kappa shape index (κ2) is 10.3. The molecule has 1 aliphatic carbocycles. The Morgan fingerprint density at radius 3 is 1.87 bits per heavy atom. The molecule has 0 spiro atoms. The van der Waals surface area contributed by atoms with Gasteiger partial charge in [0, 0.05) is 18.5 Å². The van der Waals surface area contributed by atoms with Gasteiger partial charge in [0.05, 0.1) is 6.42 Å². The van der Waals surface area contributed by atoms with E-state index >= 15 is 0 Å². The van der Waals surface area contributed by atoms with Crippen molar-refractivity contribution in [2.45, 2.75) is 25.7 Å². The van der Waals surface area contributed by atoms with Gasteiger partial charge < -0.3 is 25.2 Å². The largest absolute Gasteiger partial charge is 0.481 e. The van der Waals surface area contributed by atoms with Gasteiger partial charge in [0.1, 0.15) is 13.2 Å². The Morgan fingerprint density at radius 2 is 1.33 bits per heavy atom. The minimum Gasteiger partial charge on any atom is -0.481 e. The number of amides is 2. The van der Waals surface area contributed by atoms with Crippen LogP contribution in [0.2, 0.25) is 0 Å². The lowest BCUT2D eigenvalue weighted by Crippen LogP contribution is -2.31. The topological polar surface area (TPSA) is 114 Å². The zero-order valence-electron chi connectivity index (χ0n) is 16.3. The maximum Gasteiger partial charge on any atom is 0.407 e. The number of aliphatic carboxylic acids is 1. The summed E-state index contributed by atoms with van der Waals surface area (Å²) in [4.78, 5) is 35.0. The first-order chi connectivity index (χ1) is 14.5. The third kappa shape index (κ3) is 6.51. The fraction of sp³-hybridized carbons (Fsp3) is 0.318. The molecule has 1 saturated carbocycles. The Labute approximate surface area is 174 Å². The fourth-order valence-electron chi connectivity index (χ4n) is 3.29. The molecule has 8 nitrogen and oxygen atoms in total. The van der Waals surface area contributed by atoms with Crippen molar-refractivity contribution in [3.63, 3.8) is 0 Å². The van der Waals surface area contributed by atoms with Gasteiger partial charge in [0.15, 0.2) is 0 Å². The molecule has 8 heteroatoms. The third-order valence-corrected chi connectivity index (χ3v) is 4.93. The van der Waals surface area contributed by atoms with Crippen LogP contribution in [0.4, 0.5) is 9.59 Å². The maximum atomic E-state index is 12.0. The van der Waals surface area contributed by atoms with Gasteiger partial charge in [0.2, 0.25) is 0 Å². The highest BCUT2D eigenvalue weighted by Crippen LogP contribution is 2.41. The Morgan fingerprint density at radius 1 is 0.800 bits per heavy atom. The van der Waals surface area contributed by atoms with Crippen LogP contribution in [0.1, 0.15) is 17.5 Å². The Bertz CT molecular complexity index is 858. The fourth-order valence-corrected chi connectivity index (χ4v) is 3.29. The van der Waals surface area contributed by atoms with Crippen molar-refractivity contribution in [1.82, 2.24) is 10.6 Å². The SMILES string of the molecule is O=C(O)CC1[C@@H](CNC(=O)OCc2ccccc2)[C@@H]1NC(=O)OCc1ccccc1. The lowest BCUT2D eigenvalue weighted by Gasteiger charge is -2.08. The molecule has 3 rings (SSSR count). The molecule has 3 N–H and O–H groups in total. The molecule has 0 saturated heterocycles. The molecule has 3 atom stereocenters. The highest BCUT2D eigenvalue weighted by Gasteiger charge is 2.52. The van der Waals surface area contributed by atoms with Crippen molar-refractivity contribution >= 4 is 18.2 Å². The van der Waals surface area contributed by atoms with E-state index in [1.807, 2.05) is 60.7 Å². The monoisotopic (exact) mass is 412 g/mol. The predicted molar refractivity (Wildman–Crippen MR) is 107 cm³/mol. The van der Waals surface area contributed by atoms with Crippen LogP contribution >= 0.6 is 0 Å². The van der Waals surface area contributed by atoms with Crippen LogP contribution in [-0.4, -0.2) is 35.8 Å². The molecule has 0 radical (unpaired) electrons. The summed E-state index contributed by atoms with van der Waals surface area (Å²) < 4.78 is 10.3. The van der Waals surface area contributed by atoms with Gasteiger partial charge >= 0.3 is 18.2 Å². The van der Waals surface area contributed by atoms with E-state index in [1.165, 1.54) is 0 Å². The molecule has 2 aromatic carbocycles. The van der Waals surface area contributed by atoms with Crippen molar-refractivity contribution in [2.24, 2.45) is 11.8 Å². The molecule has 1 unspecified atom stereocenters. The van der Waals surface area contributed by atoms with E-state index in [4.69, 9.17) is 14.6 Å². The van der Waals surface area contributed by atoms with Crippen LogP contribution in [0.25, 0.3) is 0 Å². The summed E-state index contributed by atoms with van der Waals surface area (Å²) >= 11 is 0. The number of hydrogen-bond acceptors (Lipinski definition) is 5. The molecule has 30 heavy (non-hydrogen) atoms. The van der Waals surface area contributed by atoms with E-state index in [9.17, 15) is 14.4 Å². The Kier molecular flexibility index (Phi) is 7.26. The van der Waals surface area contributed by atoms with Crippen molar-refractivity contribution in [3.05, 3.63) is 71.8 Å². The molecule has 1 fully saturated rings. The molecule has 2 amide bonds. The summed E-state index contributed by atoms with van der Waals surface area (Å²) in [6.45, 7) is 0.469. The van der Waals surface area contributed by atoms with Crippen molar-refractivity contribution in [3.8, 4) is 0 Å².